The normalized spacial score (nSPS) is 18.7. The van der Waals surface area contributed by atoms with Crippen LogP contribution in [0.25, 0.3) is 0 Å². The maximum Gasteiger partial charge on any atom is 0.326 e. The van der Waals surface area contributed by atoms with Crippen LogP contribution in [0.15, 0.2) is 30.3 Å². The zero-order valence-corrected chi connectivity index (χ0v) is 36.7. The van der Waals surface area contributed by atoms with Crippen molar-refractivity contribution in [2.45, 2.75) is 129 Å². The van der Waals surface area contributed by atoms with E-state index in [9.17, 15) is 29.1 Å². The van der Waals surface area contributed by atoms with E-state index in [0.29, 0.717) is 25.8 Å². The van der Waals surface area contributed by atoms with Crippen molar-refractivity contribution in [1.29, 1.82) is 0 Å². The third-order valence-corrected chi connectivity index (χ3v) is 11.7. The van der Waals surface area contributed by atoms with Gasteiger partial charge in [-0.05, 0) is 69.8 Å². The summed E-state index contributed by atoms with van der Waals surface area (Å²) >= 11 is 0. The Morgan fingerprint density at radius 2 is 1.58 bits per heavy atom. The van der Waals surface area contributed by atoms with Gasteiger partial charge in [-0.2, -0.15) is 0 Å². The van der Waals surface area contributed by atoms with Gasteiger partial charge in [0, 0.05) is 34.2 Å². The lowest BCUT2D eigenvalue weighted by atomic mass is 9.89. The fourth-order valence-corrected chi connectivity index (χ4v) is 8.29. The summed E-state index contributed by atoms with van der Waals surface area (Å²) in [7, 11) is 8.61. The first kappa shape index (κ1) is 49.6. The average Bonchev–Trinajstić information content (AvgIpc) is 3.66. The van der Waals surface area contributed by atoms with E-state index in [0.717, 1.165) is 25.1 Å². The van der Waals surface area contributed by atoms with Gasteiger partial charge in [-0.1, -0.05) is 85.2 Å². The number of methoxy groups -OCH3 is 2. The standard InChI is InChI=1S/C43H74N6O8/c1-13-29(6)38(48(10)42(53)36(27(2)3)46-41(52)37(28(4)5)47(9)23-18-22-44-8)34(56-11)26-35(50)49-24-17-21-33(49)39(57-12)30(7)40(51)45-32(43(54)55)25-31-19-15-14-16-20-31/h14-16,19-20,27-30,32-34,36-39,44H,13,17-18,21-26H2,1-12H3,(H,45,51)(H,46,52)(H,54,55)/t29?,30?,32?,33-,34?,36?,37?,38?,39?/m0/s1. The molecule has 1 aliphatic heterocycles. The minimum absolute atomic E-state index is 0.0135. The second-order valence-electron chi connectivity index (χ2n) is 16.5. The summed E-state index contributed by atoms with van der Waals surface area (Å²) in [4.78, 5) is 73.6. The first-order valence-corrected chi connectivity index (χ1v) is 20.8. The number of carbonyl (C=O) groups is 5. The average molecular weight is 803 g/mol. The van der Waals surface area contributed by atoms with Crippen molar-refractivity contribution in [3.05, 3.63) is 35.9 Å². The van der Waals surface area contributed by atoms with Crippen LogP contribution in [0.3, 0.4) is 0 Å². The van der Waals surface area contributed by atoms with Crippen LogP contribution >= 0.6 is 0 Å². The number of benzene rings is 1. The molecule has 9 atom stereocenters. The van der Waals surface area contributed by atoms with E-state index in [1.807, 2.05) is 90.9 Å². The Hall–Kier alpha value is -3.59. The largest absolute Gasteiger partial charge is 0.480 e. The first-order chi connectivity index (χ1) is 26.9. The van der Waals surface area contributed by atoms with Crippen LogP contribution in [0.4, 0.5) is 0 Å². The van der Waals surface area contributed by atoms with E-state index < -0.39 is 60.2 Å². The molecule has 1 aromatic rings. The van der Waals surface area contributed by atoms with Crippen LogP contribution in [0, 0.1) is 23.7 Å². The highest BCUT2D eigenvalue weighted by atomic mass is 16.5. The number of ether oxygens (including phenoxy) is 2. The molecule has 1 fully saturated rings. The lowest BCUT2D eigenvalue weighted by Crippen LogP contribution is -2.60. The predicted octanol–water partition coefficient (Wildman–Crippen LogP) is 3.43. The van der Waals surface area contributed by atoms with Crippen molar-refractivity contribution < 1.29 is 38.6 Å². The SMILES string of the molecule is CCC(C)C(C(CC(=O)N1CCC[C@H]1C(OC)C(C)C(=O)NC(Cc1ccccc1)C(=O)O)OC)N(C)C(=O)C(NC(=O)C(C(C)C)N(C)CCCNC)C(C)C. The zero-order chi connectivity index (χ0) is 43.0. The molecule has 0 spiro atoms. The summed E-state index contributed by atoms with van der Waals surface area (Å²) in [6.07, 6.45) is 1.68. The van der Waals surface area contributed by atoms with E-state index in [-0.39, 0.29) is 48.3 Å². The Morgan fingerprint density at radius 1 is 0.930 bits per heavy atom. The minimum Gasteiger partial charge on any atom is -0.480 e. The number of carboxylic acids is 1. The number of likely N-dealkylation sites (N-methyl/N-ethyl adjacent to an activating group) is 2. The number of likely N-dealkylation sites (tertiary alicyclic amines) is 1. The highest BCUT2D eigenvalue weighted by molar-refractivity contribution is 5.90. The second kappa shape index (κ2) is 24.4. The molecule has 1 saturated heterocycles. The van der Waals surface area contributed by atoms with Gasteiger partial charge in [0.2, 0.25) is 23.6 Å². The molecule has 0 radical (unpaired) electrons. The summed E-state index contributed by atoms with van der Waals surface area (Å²) < 4.78 is 11.9. The summed E-state index contributed by atoms with van der Waals surface area (Å²) in [6.45, 7) is 15.6. The molecule has 0 aromatic heterocycles. The van der Waals surface area contributed by atoms with Crippen LogP contribution in [0.2, 0.25) is 0 Å². The fourth-order valence-electron chi connectivity index (χ4n) is 8.29. The molecule has 14 nitrogen and oxygen atoms in total. The first-order valence-electron chi connectivity index (χ1n) is 20.8. The predicted molar refractivity (Wildman–Crippen MR) is 222 cm³/mol. The number of hydrogen-bond acceptors (Lipinski definition) is 9. The van der Waals surface area contributed by atoms with Crippen molar-refractivity contribution in [2.24, 2.45) is 23.7 Å². The molecule has 1 aliphatic rings. The molecule has 1 heterocycles. The molecule has 4 N–H and O–H groups in total. The number of aliphatic carboxylic acids is 1. The van der Waals surface area contributed by atoms with Gasteiger partial charge in [-0.3, -0.25) is 24.1 Å². The van der Waals surface area contributed by atoms with E-state index in [2.05, 4.69) is 16.0 Å². The minimum atomic E-state index is -1.14. The van der Waals surface area contributed by atoms with Gasteiger partial charge in [-0.25, -0.2) is 4.79 Å². The Labute approximate surface area is 342 Å². The van der Waals surface area contributed by atoms with Gasteiger partial charge in [-0.15, -0.1) is 0 Å². The van der Waals surface area contributed by atoms with Crippen molar-refractivity contribution in [3.63, 3.8) is 0 Å². The fraction of sp³-hybridized carbons (Fsp3) is 0.744. The van der Waals surface area contributed by atoms with Gasteiger partial charge < -0.3 is 40.3 Å². The summed E-state index contributed by atoms with van der Waals surface area (Å²) in [6, 6.07) is 5.86. The molecule has 0 aliphatic carbocycles. The lowest BCUT2D eigenvalue weighted by molar-refractivity contribution is -0.148. The van der Waals surface area contributed by atoms with E-state index in [1.165, 1.54) is 7.11 Å². The maximum atomic E-state index is 14.4. The van der Waals surface area contributed by atoms with Gasteiger partial charge in [0.1, 0.15) is 12.1 Å². The van der Waals surface area contributed by atoms with Gasteiger partial charge in [0.05, 0.1) is 42.7 Å². The number of nitrogens with zero attached hydrogens (tertiary/aromatic N) is 3. The number of rotatable bonds is 25. The molecule has 8 unspecified atom stereocenters. The molecule has 0 saturated carbocycles. The number of nitrogens with one attached hydrogen (secondary N) is 3. The Balaban J connectivity index is 2.27. The molecular weight excluding hydrogens is 729 g/mol. The summed E-state index contributed by atoms with van der Waals surface area (Å²) in [5.74, 6) is -3.22. The van der Waals surface area contributed by atoms with Crippen molar-refractivity contribution in [2.75, 3.05) is 55.0 Å². The Morgan fingerprint density at radius 3 is 2.11 bits per heavy atom. The van der Waals surface area contributed by atoms with E-state index in [4.69, 9.17) is 9.47 Å². The molecule has 57 heavy (non-hydrogen) atoms. The number of carboxylic acid groups (broad SMARTS) is 1. The molecule has 14 heteroatoms. The summed E-state index contributed by atoms with van der Waals surface area (Å²) in [5.41, 5.74) is 0.785. The van der Waals surface area contributed by atoms with Crippen LogP contribution in [-0.2, 0) is 39.9 Å². The van der Waals surface area contributed by atoms with Crippen LogP contribution in [-0.4, -0.2) is 147 Å². The van der Waals surface area contributed by atoms with Crippen molar-refractivity contribution >= 4 is 29.6 Å². The Bertz CT molecular complexity index is 1410. The maximum absolute atomic E-state index is 14.4. The van der Waals surface area contributed by atoms with Gasteiger partial charge in [0.25, 0.3) is 0 Å². The summed E-state index contributed by atoms with van der Waals surface area (Å²) in [5, 5.41) is 18.8. The molecular formula is C43H74N6O8. The van der Waals surface area contributed by atoms with Gasteiger partial charge in [0.15, 0.2) is 0 Å². The van der Waals surface area contributed by atoms with Crippen molar-refractivity contribution in [1.82, 2.24) is 30.7 Å². The van der Waals surface area contributed by atoms with Crippen LogP contribution in [0.5, 0.6) is 0 Å². The van der Waals surface area contributed by atoms with Crippen LogP contribution in [0.1, 0.15) is 86.1 Å². The molecule has 0 bridgehead atoms. The third kappa shape index (κ3) is 14.0. The number of amides is 4. The molecule has 4 amide bonds. The highest BCUT2D eigenvalue weighted by Crippen LogP contribution is 2.30. The Kier molecular flexibility index (Phi) is 21.2. The van der Waals surface area contributed by atoms with Crippen LogP contribution < -0.4 is 16.0 Å². The topological polar surface area (TPSA) is 170 Å². The van der Waals surface area contributed by atoms with E-state index in [1.54, 1.807) is 30.9 Å². The smallest absolute Gasteiger partial charge is 0.326 e. The highest BCUT2D eigenvalue weighted by Gasteiger charge is 2.43. The monoisotopic (exact) mass is 803 g/mol. The lowest BCUT2D eigenvalue weighted by Gasteiger charge is -2.41. The van der Waals surface area contributed by atoms with Crippen molar-refractivity contribution in [3.8, 4) is 0 Å². The van der Waals surface area contributed by atoms with Gasteiger partial charge >= 0.3 is 5.97 Å². The number of carbonyl (C=O) groups excluding carboxylic acids is 4. The third-order valence-electron chi connectivity index (χ3n) is 11.7. The quantitative estimate of drug-likeness (QED) is 0.108. The molecule has 324 valence electrons. The second-order valence-corrected chi connectivity index (χ2v) is 16.5. The van der Waals surface area contributed by atoms with E-state index >= 15 is 0 Å². The zero-order valence-electron chi connectivity index (χ0n) is 36.7. The molecule has 2 rings (SSSR count). The molecule has 1 aromatic carbocycles. The number of hydrogen-bond donors (Lipinski definition) is 4.